The van der Waals surface area contributed by atoms with Gasteiger partial charge in [0.05, 0.1) is 17.2 Å². The van der Waals surface area contributed by atoms with Crippen LogP contribution in [0.3, 0.4) is 0 Å². The van der Waals surface area contributed by atoms with E-state index >= 15 is 0 Å². The minimum atomic E-state index is -0.0653. The molecule has 0 amide bonds. The van der Waals surface area contributed by atoms with Gasteiger partial charge in [-0.25, -0.2) is 0 Å². The number of rotatable bonds is 0. The summed E-state index contributed by atoms with van der Waals surface area (Å²) in [6.45, 7) is 4.69. The third-order valence-corrected chi connectivity index (χ3v) is 5.04. The van der Waals surface area contributed by atoms with Crippen LogP contribution < -0.4 is 5.32 Å². The lowest BCUT2D eigenvalue weighted by molar-refractivity contribution is -0.0517. The highest BCUT2D eigenvalue weighted by molar-refractivity contribution is 9.10. The maximum atomic E-state index is 6.30. The predicted molar refractivity (Wildman–Crippen MR) is 68.0 cm³/mol. The number of hydrogen-bond acceptors (Lipinski definition) is 2. The number of halogens is 2. The first-order valence-corrected chi connectivity index (χ1v) is 6.60. The Morgan fingerprint density at radius 3 is 3.19 bits per heavy atom. The molecule has 4 heteroatoms. The van der Waals surface area contributed by atoms with E-state index in [1.54, 1.807) is 0 Å². The molecular weight excluding hydrogens is 289 g/mol. The summed E-state index contributed by atoms with van der Waals surface area (Å²) in [6.07, 6.45) is 0. The number of fused-ring (bicyclic) bond motifs is 3. The molecule has 0 bridgehead atoms. The number of nitrogens with one attached hydrogen (secondary N) is 1. The van der Waals surface area contributed by atoms with Gasteiger partial charge in [-0.3, -0.25) is 0 Å². The zero-order valence-corrected chi connectivity index (χ0v) is 11.4. The lowest BCUT2D eigenvalue weighted by Crippen LogP contribution is -2.39. The van der Waals surface area contributed by atoms with Gasteiger partial charge in [0.1, 0.15) is 0 Å². The van der Waals surface area contributed by atoms with E-state index < -0.39 is 0 Å². The molecule has 86 valence electrons. The van der Waals surface area contributed by atoms with E-state index in [-0.39, 0.29) is 5.60 Å². The largest absolute Gasteiger partial charge is 0.369 e. The van der Waals surface area contributed by atoms with Crippen molar-refractivity contribution in [3.8, 4) is 0 Å². The summed E-state index contributed by atoms with van der Waals surface area (Å²) in [5, 5.41) is 4.20. The van der Waals surface area contributed by atoms with Crippen molar-refractivity contribution in [3.05, 3.63) is 32.8 Å². The zero-order valence-electron chi connectivity index (χ0n) is 9.02. The average molecular weight is 303 g/mol. The van der Waals surface area contributed by atoms with E-state index in [0.29, 0.717) is 12.5 Å². The summed E-state index contributed by atoms with van der Waals surface area (Å²) >= 11 is 9.76. The van der Waals surface area contributed by atoms with E-state index in [4.69, 9.17) is 16.3 Å². The Bertz CT molecular complexity index is 451. The molecule has 3 rings (SSSR count). The quantitative estimate of drug-likeness (QED) is 0.795. The fraction of sp³-hybridized carbons (Fsp3) is 0.500. The Morgan fingerprint density at radius 2 is 2.38 bits per heavy atom. The van der Waals surface area contributed by atoms with Crippen molar-refractivity contribution in [1.29, 1.82) is 0 Å². The molecule has 0 aromatic heterocycles. The normalized spacial score (nSPS) is 32.3. The van der Waals surface area contributed by atoms with Crippen molar-refractivity contribution in [2.45, 2.75) is 25.0 Å². The highest BCUT2D eigenvalue weighted by atomic mass is 79.9. The second kappa shape index (κ2) is 3.70. The Morgan fingerprint density at radius 1 is 1.56 bits per heavy atom. The molecule has 1 N–H and O–H groups in total. The van der Waals surface area contributed by atoms with Crippen LogP contribution in [-0.2, 0) is 11.3 Å². The third-order valence-electron chi connectivity index (χ3n) is 3.72. The first-order chi connectivity index (χ1) is 7.62. The molecule has 0 saturated carbocycles. The fourth-order valence-electron chi connectivity index (χ4n) is 2.71. The zero-order chi connectivity index (χ0) is 11.3. The first kappa shape index (κ1) is 11.0. The molecule has 0 aliphatic carbocycles. The van der Waals surface area contributed by atoms with Gasteiger partial charge >= 0.3 is 0 Å². The summed E-state index contributed by atoms with van der Waals surface area (Å²) in [6, 6.07) is 4.20. The van der Waals surface area contributed by atoms with Crippen molar-refractivity contribution in [2.24, 2.45) is 0 Å². The lowest BCUT2D eigenvalue weighted by atomic mass is 9.81. The minimum absolute atomic E-state index is 0.0653. The van der Waals surface area contributed by atoms with Gasteiger partial charge in [-0.1, -0.05) is 17.7 Å². The second-order valence-corrected chi connectivity index (χ2v) is 5.95. The Hall–Kier alpha value is -0.0900. The third kappa shape index (κ3) is 1.46. The molecular formula is C12H13BrClNO. The van der Waals surface area contributed by atoms with Crippen LogP contribution in [0.25, 0.3) is 0 Å². The van der Waals surface area contributed by atoms with Crippen LogP contribution in [0.4, 0.5) is 0 Å². The topological polar surface area (TPSA) is 21.3 Å². The van der Waals surface area contributed by atoms with E-state index in [1.807, 2.05) is 6.07 Å². The molecule has 2 aliphatic rings. The highest BCUT2D eigenvalue weighted by Crippen LogP contribution is 2.44. The van der Waals surface area contributed by atoms with Crippen LogP contribution >= 0.6 is 27.5 Å². The molecule has 1 aromatic rings. The summed E-state index contributed by atoms with van der Waals surface area (Å²) in [7, 11) is 0. The van der Waals surface area contributed by atoms with Gasteiger partial charge in [0.2, 0.25) is 0 Å². The molecule has 2 nitrogen and oxygen atoms in total. The SMILES string of the molecule is C[C@]12CNCC1c1ccc(Br)c(Cl)c1CO2. The molecule has 1 unspecified atom stereocenters. The van der Waals surface area contributed by atoms with Crippen molar-refractivity contribution < 1.29 is 4.74 Å². The smallest absolute Gasteiger partial charge is 0.0863 e. The van der Waals surface area contributed by atoms with E-state index in [1.165, 1.54) is 5.56 Å². The molecule has 2 heterocycles. The second-order valence-electron chi connectivity index (χ2n) is 4.71. The predicted octanol–water partition coefficient (Wildman–Crippen LogP) is 3.08. The Labute approximate surface area is 108 Å². The molecule has 0 radical (unpaired) electrons. The molecule has 2 atom stereocenters. The summed E-state index contributed by atoms with van der Waals surface area (Å²) < 4.78 is 6.93. The maximum absolute atomic E-state index is 6.30. The molecule has 16 heavy (non-hydrogen) atoms. The lowest BCUT2D eigenvalue weighted by Gasteiger charge is -2.37. The molecule has 1 aromatic carbocycles. The number of ether oxygens (including phenoxy) is 1. The van der Waals surface area contributed by atoms with Crippen molar-refractivity contribution >= 4 is 27.5 Å². The van der Waals surface area contributed by atoms with Crippen molar-refractivity contribution in [2.75, 3.05) is 13.1 Å². The number of hydrogen-bond donors (Lipinski definition) is 1. The fourth-order valence-corrected chi connectivity index (χ4v) is 3.31. The van der Waals surface area contributed by atoms with Gasteiger partial charge in [-0.15, -0.1) is 0 Å². The highest BCUT2D eigenvalue weighted by Gasteiger charge is 2.44. The molecule has 1 fully saturated rings. The van der Waals surface area contributed by atoms with Crippen molar-refractivity contribution in [1.82, 2.24) is 5.32 Å². The van der Waals surface area contributed by atoms with Gasteiger partial charge in [0.15, 0.2) is 0 Å². The molecule has 0 spiro atoms. The van der Waals surface area contributed by atoms with Gasteiger partial charge in [-0.05, 0) is 34.5 Å². The summed E-state index contributed by atoms with van der Waals surface area (Å²) in [5.41, 5.74) is 2.42. The van der Waals surface area contributed by atoms with Gasteiger partial charge in [0.25, 0.3) is 0 Å². The van der Waals surface area contributed by atoms with E-state index in [9.17, 15) is 0 Å². The van der Waals surface area contributed by atoms with Gasteiger partial charge in [0, 0.05) is 29.0 Å². The van der Waals surface area contributed by atoms with Crippen LogP contribution in [0.15, 0.2) is 16.6 Å². The van der Waals surface area contributed by atoms with Crippen LogP contribution in [-0.4, -0.2) is 18.7 Å². The summed E-state index contributed by atoms with van der Waals surface area (Å²) in [5.74, 6) is 0.418. The van der Waals surface area contributed by atoms with Gasteiger partial charge < -0.3 is 10.1 Å². The Kier molecular flexibility index (Phi) is 2.55. The number of benzene rings is 1. The molecule has 1 saturated heterocycles. The monoisotopic (exact) mass is 301 g/mol. The van der Waals surface area contributed by atoms with Crippen LogP contribution in [0.5, 0.6) is 0 Å². The molecule has 2 aliphatic heterocycles. The minimum Gasteiger partial charge on any atom is -0.369 e. The standard InChI is InChI=1S/C12H13BrClNO/c1-12-6-15-4-9(12)7-2-3-10(13)11(14)8(7)5-16-12/h2-3,9,15H,4-6H2,1H3/t9?,12-/m0/s1. The Balaban J connectivity index is 2.14. The van der Waals surface area contributed by atoms with E-state index in [2.05, 4.69) is 34.2 Å². The first-order valence-electron chi connectivity index (χ1n) is 5.43. The van der Waals surface area contributed by atoms with Crippen LogP contribution in [0, 0.1) is 0 Å². The van der Waals surface area contributed by atoms with Crippen molar-refractivity contribution in [3.63, 3.8) is 0 Å². The van der Waals surface area contributed by atoms with E-state index in [0.717, 1.165) is 28.1 Å². The van der Waals surface area contributed by atoms with Crippen LogP contribution in [0.1, 0.15) is 24.0 Å². The summed E-state index contributed by atoms with van der Waals surface area (Å²) in [4.78, 5) is 0. The van der Waals surface area contributed by atoms with Gasteiger partial charge in [-0.2, -0.15) is 0 Å². The van der Waals surface area contributed by atoms with Crippen LogP contribution in [0.2, 0.25) is 5.02 Å². The average Bonchev–Trinajstić information content (AvgIpc) is 2.65. The maximum Gasteiger partial charge on any atom is 0.0863 e.